The van der Waals surface area contributed by atoms with E-state index >= 15 is 0 Å². The normalized spacial score (nSPS) is 11.2. The summed E-state index contributed by atoms with van der Waals surface area (Å²) in [4.78, 5) is 13.8. The van der Waals surface area contributed by atoms with Gasteiger partial charge in [0.25, 0.3) is 5.91 Å². The molecule has 0 aliphatic carbocycles. The molecule has 106 valence electrons. The predicted octanol–water partition coefficient (Wildman–Crippen LogP) is 1.23. The number of nitrogen functional groups attached to an aromatic ring is 1. The van der Waals surface area contributed by atoms with Gasteiger partial charge in [0, 0.05) is 25.8 Å². The molecule has 0 unspecified atom stereocenters. The van der Waals surface area contributed by atoms with Crippen molar-refractivity contribution < 1.29 is 9.90 Å². The van der Waals surface area contributed by atoms with Crippen LogP contribution in [-0.2, 0) is 0 Å². The number of benzene rings is 1. The molecule has 5 nitrogen and oxygen atoms in total. The molecule has 19 heavy (non-hydrogen) atoms. The van der Waals surface area contributed by atoms with Crippen molar-refractivity contribution in [1.29, 1.82) is 0 Å². The monoisotopic (exact) mass is 265 g/mol. The molecule has 5 heteroatoms. The van der Waals surface area contributed by atoms with Gasteiger partial charge in [-0.15, -0.1) is 0 Å². The molecule has 1 aromatic carbocycles. The number of amides is 1. The zero-order valence-electron chi connectivity index (χ0n) is 12.0. The van der Waals surface area contributed by atoms with E-state index in [1.165, 1.54) is 0 Å². The third-order valence-electron chi connectivity index (χ3n) is 2.64. The van der Waals surface area contributed by atoms with E-state index in [1.54, 1.807) is 32.0 Å². The molecule has 0 saturated heterocycles. The van der Waals surface area contributed by atoms with Crippen LogP contribution in [0.1, 0.15) is 31.1 Å². The summed E-state index contributed by atoms with van der Waals surface area (Å²) in [5, 5.41) is 12.6. The Morgan fingerprint density at radius 2 is 2.11 bits per heavy atom. The molecule has 0 aromatic heterocycles. The Bertz CT molecular complexity index is 452. The van der Waals surface area contributed by atoms with Crippen molar-refractivity contribution in [3.05, 3.63) is 23.8 Å². The molecule has 1 aromatic rings. The van der Waals surface area contributed by atoms with Gasteiger partial charge in [-0.05, 0) is 39.0 Å². The fraction of sp³-hybridized carbons (Fsp3) is 0.500. The van der Waals surface area contributed by atoms with Crippen LogP contribution in [0.2, 0.25) is 0 Å². The molecule has 1 amide bonds. The number of rotatable bonds is 5. The number of carbonyl (C=O) groups excluding carboxylic acids is 1. The van der Waals surface area contributed by atoms with Crippen LogP contribution in [0.25, 0.3) is 0 Å². The van der Waals surface area contributed by atoms with E-state index in [9.17, 15) is 9.90 Å². The molecule has 0 atom stereocenters. The smallest absolute Gasteiger partial charge is 0.253 e. The fourth-order valence-electron chi connectivity index (χ4n) is 1.98. The molecule has 0 bridgehead atoms. The highest BCUT2D eigenvalue weighted by atomic mass is 16.3. The van der Waals surface area contributed by atoms with Crippen LogP contribution in [0.5, 0.6) is 0 Å². The topological polar surface area (TPSA) is 78.6 Å². The first-order valence-corrected chi connectivity index (χ1v) is 6.36. The minimum atomic E-state index is -0.849. The molecule has 0 fully saturated rings. The summed E-state index contributed by atoms with van der Waals surface area (Å²) in [6, 6.07) is 5.15. The molecule has 0 aliphatic rings. The first kappa shape index (κ1) is 15.3. The van der Waals surface area contributed by atoms with Crippen LogP contribution in [0.15, 0.2) is 18.2 Å². The fourth-order valence-corrected chi connectivity index (χ4v) is 1.98. The van der Waals surface area contributed by atoms with Crippen LogP contribution in [0, 0.1) is 0 Å². The van der Waals surface area contributed by atoms with E-state index in [4.69, 9.17) is 5.73 Å². The van der Waals surface area contributed by atoms with E-state index < -0.39 is 5.60 Å². The Balaban J connectivity index is 3.10. The van der Waals surface area contributed by atoms with E-state index in [-0.39, 0.29) is 5.91 Å². The van der Waals surface area contributed by atoms with E-state index in [0.717, 1.165) is 0 Å². The molecular weight excluding hydrogens is 242 g/mol. The highest BCUT2D eigenvalue weighted by Crippen LogP contribution is 2.24. The van der Waals surface area contributed by atoms with Gasteiger partial charge in [0.2, 0.25) is 0 Å². The number of nitrogens with one attached hydrogen (secondary N) is 1. The Labute approximate surface area is 114 Å². The standard InChI is InChI=1S/C14H23N3O2/c1-5-16-13(18)11-7-6-10(15)8-12(11)17(4)9-14(2,3)19/h6-8,19H,5,9,15H2,1-4H3,(H,16,18). The first-order chi connectivity index (χ1) is 8.74. The van der Waals surface area contributed by atoms with Crippen molar-refractivity contribution in [2.45, 2.75) is 26.4 Å². The molecule has 4 N–H and O–H groups in total. The maximum Gasteiger partial charge on any atom is 0.253 e. The van der Waals surface area contributed by atoms with E-state index in [2.05, 4.69) is 5.32 Å². The molecule has 0 radical (unpaired) electrons. The SMILES string of the molecule is CCNC(=O)c1ccc(N)cc1N(C)CC(C)(C)O. The maximum atomic E-state index is 12.0. The summed E-state index contributed by atoms with van der Waals surface area (Å²) in [5.74, 6) is -0.139. The van der Waals surface area contributed by atoms with Crippen molar-refractivity contribution in [2.75, 3.05) is 30.8 Å². The third kappa shape index (κ3) is 4.44. The number of anilines is 2. The van der Waals surface area contributed by atoms with Crippen molar-refractivity contribution in [1.82, 2.24) is 5.32 Å². The summed E-state index contributed by atoms with van der Waals surface area (Å²) in [6.07, 6.45) is 0. The Hall–Kier alpha value is -1.75. The van der Waals surface area contributed by atoms with Gasteiger partial charge in [-0.3, -0.25) is 4.79 Å². The second-order valence-corrected chi connectivity index (χ2v) is 5.30. The summed E-state index contributed by atoms with van der Waals surface area (Å²) < 4.78 is 0. The zero-order valence-corrected chi connectivity index (χ0v) is 12.0. The number of hydrogen-bond donors (Lipinski definition) is 3. The number of carbonyl (C=O) groups is 1. The molecule has 0 saturated carbocycles. The average Bonchev–Trinajstić information content (AvgIpc) is 2.26. The highest BCUT2D eigenvalue weighted by Gasteiger charge is 2.20. The van der Waals surface area contributed by atoms with Crippen molar-refractivity contribution in [3.8, 4) is 0 Å². The lowest BCUT2D eigenvalue weighted by Crippen LogP contribution is -2.37. The lowest BCUT2D eigenvalue weighted by atomic mass is 10.1. The van der Waals surface area contributed by atoms with E-state index in [0.29, 0.717) is 30.0 Å². The lowest BCUT2D eigenvalue weighted by molar-refractivity contribution is 0.0879. The molecule has 0 heterocycles. The molecule has 0 aliphatic heterocycles. The van der Waals surface area contributed by atoms with Crippen LogP contribution in [0.4, 0.5) is 11.4 Å². The number of nitrogens with two attached hydrogens (primary N) is 1. The average molecular weight is 265 g/mol. The highest BCUT2D eigenvalue weighted by molar-refractivity contribution is 6.00. The number of nitrogens with zero attached hydrogens (tertiary/aromatic N) is 1. The Kier molecular flexibility index (Phi) is 4.78. The van der Waals surface area contributed by atoms with Crippen LogP contribution in [0.3, 0.4) is 0 Å². The molecule has 0 spiro atoms. The Morgan fingerprint density at radius 1 is 1.47 bits per heavy atom. The van der Waals surface area contributed by atoms with Crippen molar-refractivity contribution in [3.63, 3.8) is 0 Å². The lowest BCUT2D eigenvalue weighted by Gasteiger charge is -2.28. The number of aliphatic hydroxyl groups is 1. The summed E-state index contributed by atoms with van der Waals surface area (Å²) >= 11 is 0. The van der Waals surface area contributed by atoms with Crippen LogP contribution >= 0.6 is 0 Å². The summed E-state index contributed by atoms with van der Waals surface area (Å²) in [6.45, 7) is 6.29. The zero-order chi connectivity index (χ0) is 14.6. The first-order valence-electron chi connectivity index (χ1n) is 6.36. The molecular formula is C14H23N3O2. The number of hydrogen-bond acceptors (Lipinski definition) is 4. The third-order valence-corrected chi connectivity index (χ3v) is 2.64. The maximum absolute atomic E-state index is 12.0. The van der Waals surface area contributed by atoms with Gasteiger partial charge in [0.05, 0.1) is 16.9 Å². The van der Waals surface area contributed by atoms with Crippen molar-refractivity contribution in [2.24, 2.45) is 0 Å². The van der Waals surface area contributed by atoms with Gasteiger partial charge in [-0.1, -0.05) is 0 Å². The number of likely N-dealkylation sites (N-methyl/N-ethyl adjacent to an activating group) is 1. The van der Waals surface area contributed by atoms with Gasteiger partial charge in [-0.2, -0.15) is 0 Å². The minimum Gasteiger partial charge on any atom is -0.399 e. The summed E-state index contributed by atoms with van der Waals surface area (Å²) in [5.41, 5.74) is 6.80. The molecule has 1 rings (SSSR count). The van der Waals surface area contributed by atoms with Crippen LogP contribution in [-0.4, -0.2) is 36.8 Å². The van der Waals surface area contributed by atoms with Gasteiger partial charge in [0.1, 0.15) is 0 Å². The second kappa shape index (κ2) is 5.93. The van der Waals surface area contributed by atoms with Gasteiger partial charge < -0.3 is 21.1 Å². The van der Waals surface area contributed by atoms with Gasteiger partial charge in [0.15, 0.2) is 0 Å². The second-order valence-electron chi connectivity index (χ2n) is 5.30. The summed E-state index contributed by atoms with van der Waals surface area (Å²) in [7, 11) is 1.83. The van der Waals surface area contributed by atoms with E-state index in [1.807, 2.05) is 18.9 Å². The largest absolute Gasteiger partial charge is 0.399 e. The minimum absolute atomic E-state index is 0.139. The van der Waals surface area contributed by atoms with Crippen LogP contribution < -0.4 is 16.0 Å². The predicted molar refractivity (Wildman–Crippen MR) is 78.4 cm³/mol. The van der Waals surface area contributed by atoms with Gasteiger partial charge in [-0.25, -0.2) is 0 Å². The van der Waals surface area contributed by atoms with Crippen molar-refractivity contribution >= 4 is 17.3 Å². The van der Waals surface area contributed by atoms with Gasteiger partial charge >= 0.3 is 0 Å². The Morgan fingerprint density at radius 3 is 2.63 bits per heavy atom. The quantitative estimate of drug-likeness (QED) is 0.700.